The standard InChI is InChI=1S/C24H29FO2/c1-3-17-4-6-18(7-5-17)11-20-12-23-19(10-16(20)2)8-9-24(23)14-21(26)13-22(15-25)27-24/h4-7,10,12,21-22,26H,3,8-9,11,13-15H2,1-2H3/t21?,22?,24-/m1/s1. The summed E-state index contributed by atoms with van der Waals surface area (Å²) in [6.45, 7) is 3.81. The summed E-state index contributed by atoms with van der Waals surface area (Å²) in [4.78, 5) is 0. The van der Waals surface area contributed by atoms with Crippen LogP contribution < -0.4 is 0 Å². The minimum Gasteiger partial charge on any atom is -0.393 e. The second kappa shape index (κ2) is 7.37. The summed E-state index contributed by atoms with van der Waals surface area (Å²) >= 11 is 0. The fraction of sp³-hybridized carbons (Fsp3) is 0.500. The molecule has 1 N–H and O–H groups in total. The van der Waals surface area contributed by atoms with Crippen LogP contribution in [0.2, 0.25) is 0 Å². The number of rotatable bonds is 4. The Kier molecular flexibility index (Phi) is 5.09. The van der Waals surface area contributed by atoms with Gasteiger partial charge in [0.2, 0.25) is 0 Å². The monoisotopic (exact) mass is 368 g/mol. The molecule has 2 aliphatic rings. The largest absolute Gasteiger partial charge is 0.393 e. The lowest BCUT2D eigenvalue weighted by Gasteiger charge is -2.41. The topological polar surface area (TPSA) is 29.5 Å². The Morgan fingerprint density at radius 2 is 1.93 bits per heavy atom. The maximum atomic E-state index is 13.3. The molecule has 0 bridgehead atoms. The van der Waals surface area contributed by atoms with Crippen molar-refractivity contribution in [3.63, 3.8) is 0 Å². The van der Waals surface area contributed by atoms with E-state index in [0.717, 1.165) is 25.7 Å². The molecule has 1 heterocycles. The van der Waals surface area contributed by atoms with Crippen molar-refractivity contribution >= 4 is 0 Å². The van der Waals surface area contributed by atoms with Gasteiger partial charge >= 0.3 is 0 Å². The number of hydrogen-bond donors (Lipinski definition) is 1. The number of halogens is 1. The first kappa shape index (κ1) is 18.6. The summed E-state index contributed by atoms with van der Waals surface area (Å²) in [6, 6.07) is 13.4. The Bertz CT molecular complexity index is 814. The summed E-state index contributed by atoms with van der Waals surface area (Å²) in [5.74, 6) is 0. The van der Waals surface area contributed by atoms with Crippen LogP contribution in [0.4, 0.5) is 4.39 Å². The van der Waals surface area contributed by atoms with Crippen molar-refractivity contribution in [1.82, 2.24) is 0 Å². The van der Waals surface area contributed by atoms with Crippen LogP contribution >= 0.6 is 0 Å². The average Bonchev–Trinajstić information content (AvgIpc) is 2.98. The van der Waals surface area contributed by atoms with E-state index >= 15 is 0 Å². The quantitative estimate of drug-likeness (QED) is 0.840. The molecule has 2 aromatic rings. The molecule has 1 aliphatic heterocycles. The van der Waals surface area contributed by atoms with Crippen molar-refractivity contribution in [1.29, 1.82) is 0 Å². The van der Waals surface area contributed by atoms with Crippen molar-refractivity contribution in [3.8, 4) is 0 Å². The summed E-state index contributed by atoms with van der Waals surface area (Å²) in [7, 11) is 0. The molecule has 0 aromatic heterocycles. The first-order chi connectivity index (χ1) is 13.0. The molecule has 27 heavy (non-hydrogen) atoms. The molecule has 0 amide bonds. The number of ether oxygens (including phenoxy) is 1. The summed E-state index contributed by atoms with van der Waals surface area (Å²) < 4.78 is 19.5. The highest BCUT2D eigenvalue weighted by molar-refractivity contribution is 5.46. The van der Waals surface area contributed by atoms with E-state index < -0.39 is 24.5 Å². The zero-order chi connectivity index (χ0) is 19.0. The molecule has 3 atom stereocenters. The molecular weight excluding hydrogens is 339 g/mol. The maximum Gasteiger partial charge on any atom is 0.116 e. The van der Waals surface area contributed by atoms with Crippen molar-refractivity contribution in [2.75, 3.05) is 6.67 Å². The fourth-order valence-corrected chi connectivity index (χ4v) is 4.83. The van der Waals surface area contributed by atoms with Crippen LogP contribution in [0.5, 0.6) is 0 Å². The maximum absolute atomic E-state index is 13.3. The van der Waals surface area contributed by atoms with E-state index in [2.05, 4.69) is 50.2 Å². The number of hydrogen-bond acceptors (Lipinski definition) is 2. The molecule has 2 nitrogen and oxygen atoms in total. The Labute approximate surface area is 161 Å². The van der Waals surface area contributed by atoms with E-state index in [9.17, 15) is 9.50 Å². The highest BCUT2D eigenvalue weighted by Gasteiger charge is 2.46. The highest BCUT2D eigenvalue weighted by Crippen LogP contribution is 2.48. The van der Waals surface area contributed by atoms with Gasteiger partial charge in [0.25, 0.3) is 0 Å². The third kappa shape index (κ3) is 3.55. The molecule has 1 aliphatic carbocycles. The Balaban J connectivity index is 1.66. The smallest absolute Gasteiger partial charge is 0.116 e. The molecule has 1 saturated heterocycles. The van der Waals surface area contributed by atoms with E-state index in [4.69, 9.17) is 4.74 Å². The first-order valence-electron chi connectivity index (χ1n) is 10.2. The van der Waals surface area contributed by atoms with Crippen LogP contribution in [0.1, 0.15) is 59.6 Å². The van der Waals surface area contributed by atoms with Gasteiger partial charge in [-0.15, -0.1) is 0 Å². The molecule has 4 rings (SSSR count). The van der Waals surface area contributed by atoms with E-state index in [-0.39, 0.29) is 0 Å². The minimum atomic E-state index is -0.531. The summed E-state index contributed by atoms with van der Waals surface area (Å²) in [5.41, 5.74) is 7.19. The molecule has 144 valence electrons. The van der Waals surface area contributed by atoms with Gasteiger partial charge in [0.05, 0.1) is 17.8 Å². The lowest BCUT2D eigenvalue weighted by Crippen LogP contribution is -2.43. The van der Waals surface area contributed by atoms with Gasteiger partial charge in [-0.2, -0.15) is 0 Å². The van der Waals surface area contributed by atoms with E-state index in [1.54, 1.807) is 0 Å². The van der Waals surface area contributed by atoms with Gasteiger partial charge in [0.1, 0.15) is 6.67 Å². The van der Waals surface area contributed by atoms with Gasteiger partial charge in [-0.05, 0) is 66.0 Å². The van der Waals surface area contributed by atoms with Crippen molar-refractivity contribution in [2.24, 2.45) is 0 Å². The van der Waals surface area contributed by atoms with Crippen LogP contribution in [0.15, 0.2) is 36.4 Å². The fourth-order valence-electron chi connectivity index (χ4n) is 4.83. The number of alkyl halides is 1. The van der Waals surface area contributed by atoms with Crippen LogP contribution in [0, 0.1) is 6.92 Å². The van der Waals surface area contributed by atoms with Gasteiger partial charge in [-0.25, -0.2) is 4.39 Å². The summed E-state index contributed by atoms with van der Waals surface area (Å²) in [6.07, 6.45) is 3.70. The molecule has 2 unspecified atom stereocenters. The zero-order valence-electron chi connectivity index (χ0n) is 16.3. The number of aryl methyl sites for hydroxylation is 3. The molecule has 2 aromatic carbocycles. The second-order valence-corrected chi connectivity index (χ2v) is 8.26. The van der Waals surface area contributed by atoms with Crippen molar-refractivity contribution in [2.45, 2.75) is 70.2 Å². The molecule has 3 heteroatoms. The third-order valence-electron chi connectivity index (χ3n) is 6.34. The summed E-state index contributed by atoms with van der Waals surface area (Å²) in [5, 5.41) is 10.3. The Hall–Kier alpha value is -1.71. The average molecular weight is 368 g/mol. The van der Waals surface area contributed by atoms with Crippen LogP contribution in [0.25, 0.3) is 0 Å². The third-order valence-corrected chi connectivity index (χ3v) is 6.34. The highest BCUT2D eigenvalue weighted by atomic mass is 19.1. The van der Waals surface area contributed by atoms with E-state index in [0.29, 0.717) is 12.8 Å². The van der Waals surface area contributed by atoms with Crippen molar-refractivity contribution in [3.05, 3.63) is 69.8 Å². The van der Waals surface area contributed by atoms with Crippen LogP contribution in [-0.2, 0) is 29.6 Å². The number of fused-ring (bicyclic) bond motifs is 2. The normalized spacial score (nSPS) is 27.1. The second-order valence-electron chi connectivity index (χ2n) is 8.26. The lowest BCUT2D eigenvalue weighted by atomic mass is 9.83. The molecule has 0 saturated carbocycles. The molecule has 0 radical (unpaired) electrons. The molecular formula is C24H29FO2. The minimum absolute atomic E-state index is 0.399. The zero-order valence-corrected chi connectivity index (χ0v) is 16.3. The first-order valence-corrected chi connectivity index (χ1v) is 10.2. The molecule has 1 spiro atoms. The number of aliphatic hydroxyl groups is 1. The predicted octanol–water partition coefficient (Wildman–Crippen LogP) is 4.80. The van der Waals surface area contributed by atoms with Crippen LogP contribution in [0.3, 0.4) is 0 Å². The SMILES string of the molecule is CCc1ccc(Cc2cc3c(cc2C)CC[C@@]32CC(O)CC(CF)O2)cc1. The van der Waals surface area contributed by atoms with Gasteiger partial charge < -0.3 is 9.84 Å². The number of benzene rings is 2. The molecule has 1 fully saturated rings. The predicted molar refractivity (Wildman–Crippen MR) is 106 cm³/mol. The number of aliphatic hydroxyl groups excluding tert-OH is 1. The van der Waals surface area contributed by atoms with Crippen LogP contribution in [-0.4, -0.2) is 24.0 Å². The van der Waals surface area contributed by atoms with Crippen molar-refractivity contribution < 1.29 is 14.2 Å². The Morgan fingerprint density at radius 1 is 1.19 bits per heavy atom. The van der Waals surface area contributed by atoms with E-state index in [1.165, 1.54) is 33.4 Å². The van der Waals surface area contributed by atoms with Gasteiger partial charge in [0.15, 0.2) is 0 Å². The lowest BCUT2D eigenvalue weighted by molar-refractivity contribution is -0.171. The van der Waals surface area contributed by atoms with Gasteiger partial charge in [-0.3, -0.25) is 0 Å². The van der Waals surface area contributed by atoms with Gasteiger partial charge in [0, 0.05) is 12.8 Å². The van der Waals surface area contributed by atoms with E-state index in [1.807, 2.05) is 0 Å². The van der Waals surface area contributed by atoms with Gasteiger partial charge in [-0.1, -0.05) is 43.3 Å². The Morgan fingerprint density at radius 3 is 2.63 bits per heavy atom.